The van der Waals surface area contributed by atoms with Crippen LogP contribution in [-0.2, 0) is 33.2 Å². The van der Waals surface area contributed by atoms with Gasteiger partial charge in [0.1, 0.15) is 54.9 Å². The molecule has 2 heterocycles. The summed E-state index contributed by atoms with van der Waals surface area (Å²) in [6.45, 7) is 3.48. The van der Waals surface area contributed by atoms with Crippen molar-refractivity contribution in [2.24, 2.45) is 0 Å². The van der Waals surface area contributed by atoms with Crippen LogP contribution in [-0.4, -0.2) is 142 Å². The Balaban J connectivity index is 1.75. The lowest BCUT2D eigenvalue weighted by atomic mass is 9.98. The van der Waals surface area contributed by atoms with Gasteiger partial charge in [0, 0.05) is 13.0 Å². The first-order valence-electron chi connectivity index (χ1n) is 23.4. The van der Waals surface area contributed by atoms with Crippen molar-refractivity contribution in [3.63, 3.8) is 0 Å². The minimum atomic E-state index is -1.71. The summed E-state index contributed by atoms with van der Waals surface area (Å²) in [5, 5.41) is 71.8. The van der Waals surface area contributed by atoms with Crippen LogP contribution in [0.15, 0.2) is 60.8 Å². The Morgan fingerprint density at radius 1 is 0.548 bits per heavy atom. The molecular weight excluding hydrogens is 801 g/mol. The van der Waals surface area contributed by atoms with Crippen LogP contribution in [0.25, 0.3) is 0 Å². The highest BCUT2D eigenvalue weighted by molar-refractivity contribution is 5.69. The molecule has 2 aliphatic heterocycles. The molecule has 2 saturated heterocycles. The number of esters is 1. The van der Waals surface area contributed by atoms with Gasteiger partial charge >= 0.3 is 5.97 Å². The van der Waals surface area contributed by atoms with Crippen molar-refractivity contribution in [1.82, 2.24) is 0 Å². The number of aliphatic hydroxyl groups excluding tert-OH is 7. The van der Waals surface area contributed by atoms with E-state index in [0.717, 1.165) is 83.5 Å². The fourth-order valence-corrected chi connectivity index (χ4v) is 6.96. The van der Waals surface area contributed by atoms with Gasteiger partial charge in [-0.15, -0.1) is 0 Å². The largest absolute Gasteiger partial charge is 0.457 e. The molecular formula is C48H82O14. The van der Waals surface area contributed by atoms with Crippen LogP contribution in [0.4, 0.5) is 0 Å². The summed E-state index contributed by atoms with van der Waals surface area (Å²) in [5.74, 6) is -0.400. The Hall–Kier alpha value is -2.31. The van der Waals surface area contributed by atoms with Crippen LogP contribution in [0.1, 0.15) is 136 Å². The normalized spacial score (nSPS) is 27.8. The molecule has 0 amide bonds. The number of aliphatic hydroxyl groups is 7. The summed E-state index contributed by atoms with van der Waals surface area (Å²) in [6.07, 6.45) is 24.5. The number of carbonyl (C=O) groups excluding carboxylic acids is 1. The summed E-state index contributed by atoms with van der Waals surface area (Å²) >= 11 is 0. The van der Waals surface area contributed by atoms with Gasteiger partial charge in [-0.2, -0.15) is 0 Å². The van der Waals surface area contributed by atoms with E-state index in [1.54, 1.807) is 0 Å². The standard InChI is InChI=1S/C48H82O14/c1-3-5-7-9-11-12-13-14-15-16-17-18-19-20-21-22-23-24-25-27-29-31-40(50)60-37(34-57-32-30-28-26-10-8-6-4-2)35-58-47-46(56)44(54)42(52)39(62-47)36-59-48-45(55)43(53)41(51)38(33-49)61-48/h5,7,11-12,14-15,17-18,20-21,37-39,41-49,51-56H,3-4,6,8-10,13,16,19,22-36H2,1-2H3/b7-5-,12-11-,15-14-,18-17-,21-20-. The van der Waals surface area contributed by atoms with E-state index >= 15 is 0 Å². The van der Waals surface area contributed by atoms with E-state index in [9.17, 15) is 40.5 Å². The van der Waals surface area contributed by atoms with Gasteiger partial charge in [-0.05, 0) is 57.8 Å². The average molecular weight is 883 g/mol. The number of ether oxygens (including phenoxy) is 6. The van der Waals surface area contributed by atoms with E-state index in [1.165, 1.54) is 25.7 Å². The third-order valence-corrected chi connectivity index (χ3v) is 10.8. The molecule has 0 bridgehead atoms. The van der Waals surface area contributed by atoms with Gasteiger partial charge in [0.25, 0.3) is 0 Å². The fourth-order valence-electron chi connectivity index (χ4n) is 6.96. The number of hydrogen-bond acceptors (Lipinski definition) is 14. The van der Waals surface area contributed by atoms with Gasteiger partial charge in [0.15, 0.2) is 12.6 Å². The van der Waals surface area contributed by atoms with E-state index in [2.05, 4.69) is 74.6 Å². The molecule has 0 aromatic carbocycles. The van der Waals surface area contributed by atoms with Crippen molar-refractivity contribution >= 4 is 5.97 Å². The molecule has 2 aliphatic rings. The van der Waals surface area contributed by atoms with Crippen LogP contribution < -0.4 is 0 Å². The van der Waals surface area contributed by atoms with Gasteiger partial charge in [-0.1, -0.05) is 132 Å². The van der Waals surface area contributed by atoms with Gasteiger partial charge in [0.05, 0.1) is 26.4 Å². The highest BCUT2D eigenvalue weighted by Crippen LogP contribution is 2.26. The summed E-state index contributed by atoms with van der Waals surface area (Å²) < 4.78 is 34.0. The first-order valence-corrected chi connectivity index (χ1v) is 23.4. The smallest absolute Gasteiger partial charge is 0.306 e. The van der Waals surface area contributed by atoms with Crippen LogP contribution in [0.3, 0.4) is 0 Å². The van der Waals surface area contributed by atoms with Crippen molar-refractivity contribution in [1.29, 1.82) is 0 Å². The van der Waals surface area contributed by atoms with Crippen molar-refractivity contribution in [3.05, 3.63) is 60.8 Å². The van der Waals surface area contributed by atoms with Crippen LogP contribution in [0.2, 0.25) is 0 Å². The maximum atomic E-state index is 12.9. The maximum Gasteiger partial charge on any atom is 0.306 e. The van der Waals surface area contributed by atoms with Crippen LogP contribution in [0.5, 0.6) is 0 Å². The van der Waals surface area contributed by atoms with E-state index in [4.69, 9.17) is 28.4 Å². The van der Waals surface area contributed by atoms with E-state index in [-0.39, 0.29) is 19.6 Å². The zero-order valence-corrected chi connectivity index (χ0v) is 37.6. The van der Waals surface area contributed by atoms with E-state index in [0.29, 0.717) is 13.0 Å². The molecule has 0 aliphatic carbocycles. The Bertz CT molecular complexity index is 1250. The molecule has 7 N–H and O–H groups in total. The highest BCUT2D eigenvalue weighted by atomic mass is 16.7. The second kappa shape index (κ2) is 36.0. The summed E-state index contributed by atoms with van der Waals surface area (Å²) in [6, 6.07) is 0. The minimum absolute atomic E-state index is 0.0506. The molecule has 358 valence electrons. The quantitative estimate of drug-likeness (QED) is 0.0228. The lowest BCUT2D eigenvalue weighted by Gasteiger charge is -2.42. The second-order valence-electron chi connectivity index (χ2n) is 16.2. The van der Waals surface area contributed by atoms with Crippen molar-refractivity contribution in [2.45, 2.75) is 203 Å². The molecule has 2 rings (SSSR count). The second-order valence-corrected chi connectivity index (χ2v) is 16.2. The Labute approximate surface area is 371 Å². The number of unbranched alkanes of at least 4 members (excludes halogenated alkanes) is 11. The third kappa shape index (κ3) is 24.1. The van der Waals surface area contributed by atoms with Crippen molar-refractivity contribution in [2.75, 3.05) is 33.0 Å². The zero-order valence-electron chi connectivity index (χ0n) is 37.6. The lowest BCUT2D eigenvalue weighted by Crippen LogP contribution is -2.61. The monoisotopic (exact) mass is 883 g/mol. The molecule has 62 heavy (non-hydrogen) atoms. The fraction of sp³-hybridized carbons (Fsp3) is 0.771. The van der Waals surface area contributed by atoms with Gasteiger partial charge in [0.2, 0.25) is 0 Å². The lowest BCUT2D eigenvalue weighted by molar-refractivity contribution is -0.332. The van der Waals surface area contributed by atoms with E-state index in [1.807, 2.05) is 0 Å². The molecule has 14 nitrogen and oxygen atoms in total. The molecule has 0 saturated carbocycles. The molecule has 2 fully saturated rings. The minimum Gasteiger partial charge on any atom is -0.457 e. The van der Waals surface area contributed by atoms with Gasteiger partial charge in [-0.25, -0.2) is 0 Å². The Morgan fingerprint density at radius 2 is 1.05 bits per heavy atom. The third-order valence-electron chi connectivity index (χ3n) is 10.8. The van der Waals surface area contributed by atoms with Crippen LogP contribution >= 0.6 is 0 Å². The maximum absolute atomic E-state index is 12.9. The molecule has 0 radical (unpaired) electrons. The number of allylic oxidation sites excluding steroid dienone is 10. The van der Waals surface area contributed by atoms with E-state index < -0.39 is 86.7 Å². The van der Waals surface area contributed by atoms with Crippen molar-refractivity contribution < 1.29 is 69.0 Å². The number of carbonyl (C=O) groups is 1. The molecule has 14 heteroatoms. The summed E-state index contributed by atoms with van der Waals surface area (Å²) in [7, 11) is 0. The van der Waals surface area contributed by atoms with Gasteiger partial charge < -0.3 is 64.2 Å². The first-order chi connectivity index (χ1) is 30.1. The molecule has 0 spiro atoms. The summed E-state index contributed by atoms with van der Waals surface area (Å²) in [4.78, 5) is 12.9. The van der Waals surface area contributed by atoms with Crippen LogP contribution in [0, 0.1) is 0 Å². The van der Waals surface area contributed by atoms with Crippen molar-refractivity contribution in [3.8, 4) is 0 Å². The molecule has 11 atom stereocenters. The summed E-state index contributed by atoms with van der Waals surface area (Å²) in [5.41, 5.74) is 0. The highest BCUT2D eigenvalue weighted by Gasteiger charge is 2.47. The molecule has 0 aromatic rings. The first kappa shape index (κ1) is 55.8. The van der Waals surface area contributed by atoms with Gasteiger partial charge in [-0.3, -0.25) is 4.79 Å². The number of hydrogen-bond donors (Lipinski definition) is 7. The molecule has 0 aromatic heterocycles. The molecule has 11 unspecified atom stereocenters. The predicted octanol–water partition coefficient (Wildman–Crippen LogP) is 5.79. The zero-order chi connectivity index (χ0) is 45.2. The predicted molar refractivity (Wildman–Crippen MR) is 238 cm³/mol. The Kier molecular flexibility index (Phi) is 32.4. The SMILES string of the molecule is CC/C=C\C/C=C\C/C=C\C/C=C\C/C=C\CCCCCCCC(=O)OC(COCCCCCCCCC)COC1OC(COC2OC(CO)C(O)C(O)C2O)C(O)C(O)C1O. The Morgan fingerprint density at radius 3 is 1.65 bits per heavy atom. The topological polar surface area (TPSA) is 214 Å². The average Bonchev–Trinajstić information content (AvgIpc) is 3.27. The number of rotatable bonds is 35.